The molecule has 0 spiro atoms. The summed E-state index contributed by atoms with van der Waals surface area (Å²) in [4.78, 5) is 18.6. The summed E-state index contributed by atoms with van der Waals surface area (Å²) in [6.45, 7) is 1.36. The lowest BCUT2D eigenvalue weighted by atomic mass is 10.2. The zero-order chi connectivity index (χ0) is 16.7. The van der Waals surface area contributed by atoms with Gasteiger partial charge in [-0.15, -0.1) is 5.10 Å². The van der Waals surface area contributed by atoms with Crippen molar-refractivity contribution in [3.8, 4) is 0 Å². The maximum atomic E-state index is 12.6. The van der Waals surface area contributed by atoms with Crippen LogP contribution in [-0.2, 0) is 7.05 Å². The molecule has 3 aromatic heterocycles. The Balaban J connectivity index is 1.44. The van der Waals surface area contributed by atoms with E-state index >= 15 is 0 Å². The van der Waals surface area contributed by atoms with E-state index in [0.717, 1.165) is 17.9 Å². The van der Waals surface area contributed by atoms with Gasteiger partial charge in [0.15, 0.2) is 5.65 Å². The van der Waals surface area contributed by atoms with Crippen LogP contribution in [0.25, 0.3) is 5.65 Å². The first-order valence-electron chi connectivity index (χ1n) is 7.78. The average molecular weight is 345 g/mol. The number of aromatic nitrogens is 4. The molecule has 1 fully saturated rings. The van der Waals surface area contributed by atoms with E-state index in [-0.39, 0.29) is 11.9 Å². The van der Waals surface area contributed by atoms with Gasteiger partial charge in [-0.1, -0.05) is 11.6 Å². The third kappa shape index (κ3) is 2.71. The number of carbonyl (C=O) groups excluding carboxylic acids is 1. The van der Waals surface area contributed by atoms with Gasteiger partial charge in [0, 0.05) is 44.8 Å². The zero-order valence-electron chi connectivity index (χ0n) is 13.2. The van der Waals surface area contributed by atoms with Crippen molar-refractivity contribution in [1.82, 2.24) is 24.1 Å². The van der Waals surface area contributed by atoms with Crippen LogP contribution >= 0.6 is 11.6 Å². The number of rotatable bonds is 3. The van der Waals surface area contributed by atoms with Crippen LogP contribution in [0, 0.1) is 0 Å². The van der Waals surface area contributed by atoms with E-state index in [0.29, 0.717) is 23.8 Å². The molecular weight excluding hydrogens is 328 g/mol. The molecule has 8 heteroatoms. The number of hydrogen-bond acceptors (Lipinski definition) is 4. The molecule has 1 amide bonds. The molecule has 1 atom stereocenters. The fourth-order valence-electron chi connectivity index (χ4n) is 3.06. The quantitative estimate of drug-likeness (QED) is 0.789. The van der Waals surface area contributed by atoms with Crippen molar-refractivity contribution in [1.29, 1.82) is 0 Å². The number of hydrogen-bond donors (Lipinski definition) is 1. The molecule has 24 heavy (non-hydrogen) atoms. The number of nitrogens with zero attached hydrogens (tertiary/aromatic N) is 5. The molecule has 0 bridgehead atoms. The lowest BCUT2D eigenvalue weighted by Crippen LogP contribution is -2.32. The van der Waals surface area contributed by atoms with E-state index in [9.17, 15) is 4.79 Å². The highest BCUT2D eigenvalue weighted by Gasteiger charge is 2.28. The summed E-state index contributed by atoms with van der Waals surface area (Å²) < 4.78 is 3.49. The highest BCUT2D eigenvalue weighted by atomic mass is 35.5. The minimum atomic E-state index is 0.00622. The number of fused-ring (bicyclic) bond motifs is 1. The van der Waals surface area contributed by atoms with Crippen LogP contribution in [0.1, 0.15) is 16.9 Å². The molecule has 1 saturated heterocycles. The van der Waals surface area contributed by atoms with Gasteiger partial charge in [-0.2, -0.15) is 0 Å². The second kappa shape index (κ2) is 5.83. The Morgan fingerprint density at radius 2 is 2.29 bits per heavy atom. The topological polar surface area (TPSA) is 67.5 Å². The summed E-state index contributed by atoms with van der Waals surface area (Å²) in [6, 6.07) is 5.71. The van der Waals surface area contributed by atoms with E-state index < -0.39 is 0 Å². The van der Waals surface area contributed by atoms with E-state index in [1.807, 2.05) is 30.3 Å². The molecule has 0 radical (unpaired) electrons. The van der Waals surface area contributed by atoms with Crippen molar-refractivity contribution >= 4 is 29.0 Å². The Morgan fingerprint density at radius 1 is 1.42 bits per heavy atom. The van der Waals surface area contributed by atoms with Gasteiger partial charge in [0.2, 0.25) is 0 Å². The van der Waals surface area contributed by atoms with E-state index in [1.165, 1.54) is 0 Å². The number of nitrogens with one attached hydrogen (secondary N) is 1. The van der Waals surface area contributed by atoms with Gasteiger partial charge < -0.3 is 14.8 Å². The number of amides is 1. The Morgan fingerprint density at radius 3 is 3.08 bits per heavy atom. The molecule has 4 rings (SSSR count). The van der Waals surface area contributed by atoms with Crippen LogP contribution < -0.4 is 5.32 Å². The maximum Gasteiger partial charge on any atom is 0.270 e. The van der Waals surface area contributed by atoms with Crippen LogP contribution in [-0.4, -0.2) is 49.1 Å². The number of imidazole rings is 1. The molecule has 124 valence electrons. The summed E-state index contributed by atoms with van der Waals surface area (Å²) in [5, 5.41) is 8.43. The first kappa shape index (κ1) is 15.0. The van der Waals surface area contributed by atoms with Crippen molar-refractivity contribution in [3.05, 3.63) is 47.5 Å². The lowest BCUT2D eigenvalue weighted by Gasteiger charge is -2.17. The van der Waals surface area contributed by atoms with E-state index in [2.05, 4.69) is 15.4 Å². The Kier molecular flexibility index (Phi) is 3.65. The minimum Gasteiger partial charge on any atom is -0.364 e. The second-order valence-corrected chi connectivity index (χ2v) is 6.42. The normalized spacial score (nSPS) is 17.6. The molecular formula is C16H17ClN6O. The number of aryl methyl sites for hydroxylation is 1. The Labute approximate surface area is 143 Å². The highest BCUT2D eigenvalue weighted by molar-refractivity contribution is 6.31. The second-order valence-electron chi connectivity index (χ2n) is 5.98. The monoisotopic (exact) mass is 344 g/mol. The lowest BCUT2D eigenvalue weighted by molar-refractivity contribution is 0.0782. The Hall–Kier alpha value is -2.54. The van der Waals surface area contributed by atoms with E-state index in [4.69, 9.17) is 11.6 Å². The van der Waals surface area contributed by atoms with Gasteiger partial charge in [0.05, 0.1) is 5.02 Å². The number of anilines is 1. The zero-order valence-corrected chi connectivity index (χ0v) is 13.9. The molecule has 1 N–H and O–H groups in total. The van der Waals surface area contributed by atoms with Crippen LogP contribution in [0.15, 0.2) is 36.8 Å². The fraction of sp³-hybridized carbons (Fsp3) is 0.312. The summed E-state index contributed by atoms with van der Waals surface area (Å²) in [5.74, 6) is 0.786. The van der Waals surface area contributed by atoms with Gasteiger partial charge in [-0.25, -0.2) is 9.50 Å². The molecule has 0 saturated carbocycles. The van der Waals surface area contributed by atoms with Crippen molar-refractivity contribution in [2.75, 3.05) is 18.4 Å². The van der Waals surface area contributed by atoms with Gasteiger partial charge in [-0.05, 0) is 24.6 Å². The van der Waals surface area contributed by atoms with Crippen molar-refractivity contribution < 1.29 is 4.79 Å². The van der Waals surface area contributed by atoms with Crippen LogP contribution in [0.2, 0.25) is 5.02 Å². The first-order valence-corrected chi connectivity index (χ1v) is 8.16. The number of halogens is 1. The summed E-state index contributed by atoms with van der Waals surface area (Å²) in [6.07, 6.45) is 6.15. The minimum absolute atomic E-state index is 0.00622. The predicted molar refractivity (Wildman–Crippen MR) is 91.3 cm³/mol. The SMILES string of the molecule is Cn1cc(Cl)cc1C(=O)N1CC[C@H](Nc2ccc3nccn3n2)C1. The largest absolute Gasteiger partial charge is 0.364 e. The molecule has 0 aliphatic carbocycles. The summed E-state index contributed by atoms with van der Waals surface area (Å²) in [7, 11) is 1.83. The van der Waals surface area contributed by atoms with Crippen molar-refractivity contribution in [3.63, 3.8) is 0 Å². The van der Waals surface area contributed by atoms with Crippen molar-refractivity contribution in [2.45, 2.75) is 12.5 Å². The molecule has 0 unspecified atom stereocenters. The van der Waals surface area contributed by atoms with Gasteiger partial charge in [0.1, 0.15) is 11.5 Å². The summed E-state index contributed by atoms with van der Waals surface area (Å²) >= 11 is 5.97. The van der Waals surface area contributed by atoms with Gasteiger partial charge in [0.25, 0.3) is 5.91 Å². The maximum absolute atomic E-state index is 12.6. The average Bonchev–Trinajstić information content (AvgIpc) is 3.26. The molecule has 1 aliphatic heterocycles. The van der Waals surface area contributed by atoms with E-state index in [1.54, 1.807) is 27.5 Å². The molecule has 3 aromatic rings. The number of likely N-dealkylation sites (tertiary alicyclic amines) is 1. The standard InChI is InChI=1S/C16H17ClN6O/c1-21-9-11(17)8-13(21)16(24)22-6-4-12(10-22)19-14-2-3-15-18-5-7-23(15)20-14/h2-3,5,7-9,12H,4,6,10H2,1H3,(H,19,20)/t12-/m0/s1. The predicted octanol–water partition coefficient (Wildman–Crippen LogP) is 2.05. The number of carbonyl (C=O) groups is 1. The molecule has 0 aromatic carbocycles. The first-order chi connectivity index (χ1) is 11.6. The van der Waals surface area contributed by atoms with Gasteiger partial charge in [-0.3, -0.25) is 4.79 Å². The van der Waals surface area contributed by atoms with Crippen LogP contribution in [0.4, 0.5) is 5.82 Å². The molecule has 4 heterocycles. The van der Waals surface area contributed by atoms with Crippen molar-refractivity contribution in [2.24, 2.45) is 7.05 Å². The highest BCUT2D eigenvalue weighted by Crippen LogP contribution is 2.19. The van der Waals surface area contributed by atoms with Crippen LogP contribution in [0.5, 0.6) is 0 Å². The summed E-state index contributed by atoms with van der Waals surface area (Å²) in [5.41, 5.74) is 1.42. The third-order valence-corrected chi connectivity index (χ3v) is 4.48. The third-order valence-electron chi connectivity index (χ3n) is 4.27. The Bertz CT molecular complexity index is 901. The van der Waals surface area contributed by atoms with Crippen LogP contribution in [0.3, 0.4) is 0 Å². The smallest absolute Gasteiger partial charge is 0.270 e. The molecule has 7 nitrogen and oxygen atoms in total. The fourth-order valence-corrected chi connectivity index (χ4v) is 3.31. The molecule has 1 aliphatic rings. The van der Waals surface area contributed by atoms with Gasteiger partial charge >= 0.3 is 0 Å².